The van der Waals surface area contributed by atoms with E-state index >= 15 is 0 Å². The van der Waals surface area contributed by atoms with Gasteiger partial charge in [0.05, 0.1) is 0 Å². The van der Waals surface area contributed by atoms with E-state index in [2.05, 4.69) is 42.5 Å². The van der Waals surface area contributed by atoms with E-state index in [-0.39, 0.29) is 17.8 Å². The molecule has 0 heterocycles. The van der Waals surface area contributed by atoms with Crippen LogP contribution in [0.4, 0.5) is 0 Å². The van der Waals surface area contributed by atoms with E-state index in [1.165, 1.54) is 11.1 Å². The summed E-state index contributed by atoms with van der Waals surface area (Å²) in [6.07, 6.45) is -2.68. The highest BCUT2D eigenvalue weighted by atomic mass is 14.7. The Labute approximate surface area is 177 Å². The second kappa shape index (κ2) is 5.60. The van der Waals surface area contributed by atoms with Gasteiger partial charge in [0.2, 0.25) is 0 Å². The molecule has 4 aromatic rings. The summed E-state index contributed by atoms with van der Waals surface area (Å²) < 4.78 is 37.9. The SMILES string of the molecule is [2H]C1([2H])c2ccccc2C([2H])([2H])C2C3c4ccccc4CC1C32c1cccc2ccccc12. The molecule has 0 saturated heterocycles. The van der Waals surface area contributed by atoms with Crippen LogP contribution in [0.2, 0.25) is 0 Å². The molecule has 0 aliphatic heterocycles. The van der Waals surface area contributed by atoms with Crippen LogP contribution in [0.5, 0.6) is 0 Å². The van der Waals surface area contributed by atoms with Crippen LogP contribution in [0, 0.1) is 11.8 Å². The lowest BCUT2D eigenvalue weighted by Gasteiger charge is -2.35. The second-order valence-corrected chi connectivity index (χ2v) is 8.70. The largest absolute Gasteiger partial charge is 0.0620 e. The van der Waals surface area contributed by atoms with Gasteiger partial charge in [-0.2, -0.15) is 0 Å². The van der Waals surface area contributed by atoms with Crippen LogP contribution in [-0.2, 0) is 24.6 Å². The molecule has 0 bridgehead atoms. The van der Waals surface area contributed by atoms with Gasteiger partial charge >= 0.3 is 0 Å². The van der Waals surface area contributed by atoms with Crippen molar-refractivity contribution in [1.29, 1.82) is 0 Å². The summed E-state index contributed by atoms with van der Waals surface area (Å²) in [4.78, 5) is 0. The Hall–Kier alpha value is -2.86. The fourth-order valence-electron chi connectivity index (χ4n) is 6.28. The maximum atomic E-state index is 9.49. The van der Waals surface area contributed by atoms with Crippen molar-refractivity contribution in [2.24, 2.45) is 11.8 Å². The summed E-state index contributed by atoms with van der Waals surface area (Å²) in [6.45, 7) is 0. The minimum absolute atomic E-state index is 0.0447. The van der Waals surface area contributed by atoms with Gasteiger partial charge in [0.1, 0.15) is 0 Å². The summed E-state index contributed by atoms with van der Waals surface area (Å²) in [6, 6.07) is 30.3. The van der Waals surface area contributed by atoms with E-state index in [1.54, 1.807) is 0 Å². The average molecular weight is 377 g/mol. The molecule has 1 saturated carbocycles. The molecule has 140 valence electrons. The Morgan fingerprint density at radius 2 is 1.38 bits per heavy atom. The molecular weight excluding hydrogens is 348 g/mol. The van der Waals surface area contributed by atoms with E-state index < -0.39 is 18.2 Å². The molecule has 4 atom stereocenters. The normalized spacial score (nSPS) is 34.3. The third-order valence-electron chi connectivity index (χ3n) is 7.47. The van der Waals surface area contributed by atoms with Crippen molar-refractivity contribution in [2.45, 2.75) is 30.5 Å². The minimum atomic E-state index is -1.65. The van der Waals surface area contributed by atoms with Crippen LogP contribution < -0.4 is 0 Å². The van der Waals surface area contributed by atoms with E-state index in [0.717, 1.165) is 16.3 Å². The van der Waals surface area contributed by atoms with Crippen LogP contribution in [0.25, 0.3) is 10.8 Å². The third kappa shape index (κ3) is 2.00. The topological polar surface area (TPSA) is 0 Å². The fourth-order valence-corrected chi connectivity index (χ4v) is 6.28. The van der Waals surface area contributed by atoms with Gasteiger partial charge in [-0.3, -0.25) is 0 Å². The summed E-state index contributed by atoms with van der Waals surface area (Å²) in [7, 11) is 0. The molecule has 4 unspecified atom stereocenters. The predicted octanol–water partition coefficient (Wildman–Crippen LogP) is 6.46. The van der Waals surface area contributed by atoms with Gasteiger partial charge in [0.25, 0.3) is 0 Å². The molecule has 3 aliphatic carbocycles. The van der Waals surface area contributed by atoms with Gasteiger partial charge in [0.15, 0.2) is 0 Å². The maximum Gasteiger partial charge on any atom is 0.0319 e. The zero-order chi connectivity index (χ0) is 22.6. The molecule has 3 aliphatic rings. The Kier molecular flexibility index (Phi) is 2.44. The van der Waals surface area contributed by atoms with E-state index in [9.17, 15) is 5.48 Å². The number of hydrogen-bond acceptors (Lipinski definition) is 0. The van der Waals surface area contributed by atoms with Crippen LogP contribution in [0.15, 0.2) is 91.0 Å². The van der Waals surface area contributed by atoms with Crippen molar-refractivity contribution in [3.8, 4) is 0 Å². The van der Waals surface area contributed by atoms with Gasteiger partial charge in [-0.25, -0.2) is 0 Å². The minimum Gasteiger partial charge on any atom is -0.0620 e. The van der Waals surface area contributed by atoms with Gasteiger partial charge in [-0.15, -0.1) is 0 Å². The molecule has 29 heavy (non-hydrogen) atoms. The summed E-state index contributed by atoms with van der Waals surface area (Å²) in [5, 5.41) is 2.25. The Morgan fingerprint density at radius 1 is 0.690 bits per heavy atom. The maximum absolute atomic E-state index is 9.49. The van der Waals surface area contributed by atoms with Crippen molar-refractivity contribution < 1.29 is 5.48 Å². The smallest absolute Gasteiger partial charge is 0.0319 e. The fraction of sp³-hybridized carbons (Fsp3) is 0.241. The molecule has 0 amide bonds. The molecule has 0 aromatic heterocycles. The molecule has 7 rings (SSSR count). The first-order valence-electron chi connectivity index (χ1n) is 12.6. The lowest BCUT2D eigenvalue weighted by atomic mass is 9.68. The van der Waals surface area contributed by atoms with Crippen LogP contribution in [0.3, 0.4) is 0 Å². The number of fused-ring (bicyclic) bond motifs is 5. The third-order valence-corrected chi connectivity index (χ3v) is 7.47. The summed E-state index contributed by atoms with van der Waals surface area (Å²) >= 11 is 0. The van der Waals surface area contributed by atoms with Crippen molar-refractivity contribution in [3.63, 3.8) is 0 Å². The first-order valence-corrected chi connectivity index (χ1v) is 10.6. The van der Waals surface area contributed by atoms with Gasteiger partial charge in [-0.1, -0.05) is 91.0 Å². The monoisotopic (exact) mass is 376 g/mol. The van der Waals surface area contributed by atoms with E-state index in [1.807, 2.05) is 48.5 Å². The highest BCUT2D eigenvalue weighted by molar-refractivity contribution is 5.88. The standard InChI is InChI=1S/C29H24/c1-2-10-21-18-27-28-25-14-6-4-11-22(25)17-23(16-20(21)9-1)29(27,28)26-15-7-12-19-8-3-5-13-24(19)26/h1-15,23,27-28H,16-18H2/i16D2,18D2. The first-order chi connectivity index (χ1) is 15.9. The van der Waals surface area contributed by atoms with Crippen molar-refractivity contribution in [1.82, 2.24) is 0 Å². The lowest BCUT2D eigenvalue weighted by Crippen LogP contribution is -2.31. The second-order valence-electron chi connectivity index (χ2n) is 8.70. The molecule has 0 N–H and O–H groups in total. The van der Waals surface area contributed by atoms with Crippen LogP contribution in [0.1, 0.15) is 39.2 Å². The molecule has 0 nitrogen and oxygen atoms in total. The van der Waals surface area contributed by atoms with Gasteiger partial charge < -0.3 is 0 Å². The van der Waals surface area contributed by atoms with Gasteiger partial charge in [-0.05, 0) is 75.5 Å². The quantitative estimate of drug-likeness (QED) is 0.357. The molecule has 4 aromatic carbocycles. The van der Waals surface area contributed by atoms with Crippen molar-refractivity contribution in [3.05, 3.63) is 119 Å². The van der Waals surface area contributed by atoms with E-state index in [0.29, 0.717) is 17.5 Å². The predicted molar refractivity (Wildman–Crippen MR) is 119 cm³/mol. The van der Waals surface area contributed by atoms with Crippen LogP contribution >= 0.6 is 0 Å². The Bertz CT molecular complexity index is 1420. The lowest BCUT2D eigenvalue weighted by molar-refractivity contribution is 0.362. The molecule has 0 heteroatoms. The number of benzene rings is 4. The molecular formula is C29H24. The Morgan fingerprint density at radius 3 is 2.28 bits per heavy atom. The highest BCUT2D eigenvalue weighted by Crippen LogP contribution is 2.75. The van der Waals surface area contributed by atoms with E-state index in [4.69, 9.17) is 0 Å². The zero-order valence-corrected chi connectivity index (χ0v) is 16.1. The number of hydrogen-bond donors (Lipinski definition) is 0. The summed E-state index contributed by atoms with van der Waals surface area (Å²) in [5.41, 5.74) is 3.92. The highest BCUT2D eigenvalue weighted by Gasteiger charge is 2.71. The van der Waals surface area contributed by atoms with Gasteiger partial charge in [0, 0.05) is 10.9 Å². The van der Waals surface area contributed by atoms with Crippen molar-refractivity contribution in [2.75, 3.05) is 0 Å². The molecule has 1 fully saturated rings. The summed E-state index contributed by atoms with van der Waals surface area (Å²) in [5.74, 6) is -0.709. The Balaban J connectivity index is 1.62. The number of rotatable bonds is 1. The molecule has 0 spiro atoms. The average Bonchev–Trinajstić information content (AvgIpc) is 3.56. The van der Waals surface area contributed by atoms with Crippen LogP contribution in [-0.4, -0.2) is 0 Å². The van der Waals surface area contributed by atoms with Crippen molar-refractivity contribution >= 4 is 10.8 Å². The zero-order valence-electron chi connectivity index (χ0n) is 20.1. The molecule has 0 radical (unpaired) electrons. The first kappa shape index (κ1) is 12.6.